The number of nitrogens with one attached hydrogen (secondary N) is 1. The second-order valence-electron chi connectivity index (χ2n) is 4.88. The van der Waals surface area contributed by atoms with Crippen LogP contribution in [0.1, 0.15) is 48.7 Å². The molecule has 2 aromatic rings. The maximum Gasteiger partial charge on any atom is 0.208 e. The van der Waals surface area contributed by atoms with Crippen LogP contribution in [0, 0.1) is 13.8 Å². The monoisotopic (exact) mass is 258 g/mol. The Bertz CT molecular complexity index is 485. The first-order valence-corrected chi connectivity index (χ1v) is 6.92. The van der Waals surface area contributed by atoms with Gasteiger partial charge in [0, 0.05) is 6.04 Å². The maximum atomic E-state index is 5.61. The van der Waals surface area contributed by atoms with Crippen LogP contribution in [0.4, 0.5) is 0 Å². The molecule has 1 aromatic carbocycles. The molecule has 1 heterocycles. The first kappa shape index (κ1) is 13.8. The molecular formula is C16H22N2O. The van der Waals surface area contributed by atoms with E-state index in [9.17, 15) is 0 Å². The maximum absolute atomic E-state index is 5.61. The Labute approximate surface area is 115 Å². The highest BCUT2D eigenvalue weighted by molar-refractivity contribution is 5.18. The topological polar surface area (TPSA) is 38.1 Å². The number of hydrogen-bond acceptors (Lipinski definition) is 3. The third-order valence-corrected chi connectivity index (χ3v) is 3.35. The summed E-state index contributed by atoms with van der Waals surface area (Å²) < 4.78 is 5.61. The fourth-order valence-electron chi connectivity index (χ4n) is 2.19. The summed E-state index contributed by atoms with van der Waals surface area (Å²) in [5.74, 6) is 1.68. The average molecular weight is 258 g/mol. The lowest BCUT2D eigenvalue weighted by atomic mass is 10.0. The van der Waals surface area contributed by atoms with Gasteiger partial charge in [0.15, 0.2) is 0 Å². The van der Waals surface area contributed by atoms with Gasteiger partial charge in [0.25, 0.3) is 0 Å². The van der Waals surface area contributed by atoms with Crippen LogP contribution in [0.2, 0.25) is 0 Å². The van der Waals surface area contributed by atoms with E-state index in [1.54, 1.807) is 0 Å². The summed E-state index contributed by atoms with van der Waals surface area (Å²) in [4.78, 5) is 4.41. The molecule has 2 rings (SSSR count). The number of aromatic nitrogens is 1. The second kappa shape index (κ2) is 6.53. The number of rotatable bonds is 6. The molecule has 3 nitrogen and oxygen atoms in total. The second-order valence-corrected chi connectivity index (χ2v) is 4.88. The molecule has 102 valence electrons. The number of hydrogen-bond donors (Lipinski definition) is 1. The van der Waals surface area contributed by atoms with E-state index in [1.807, 2.05) is 19.9 Å². The van der Waals surface area contributed by atoms with Crippen molar-refractivity contribution in [2.75, 3.05) is 0 Å². The third kappa shape index (κ3) is 3.67. The molecular weight excluding hydrogens is 236 g/mol. The Kier molecular flexibility index (Phi) is 4.74. The summed E-state index contributed by atoms with van der Waals surface area (Å²) in [7, 11) is 0. The van der Waals surface area contributed by atoms with Crippen LogP contribution in [0.5, 0.6) is 0 Å². The van der Waals surface area contributed by atoms with E-state index in [1.165, 1.54) is 5.56 Å². The molecule has 0 saturated carbocycles. The Balaban J connectivity index is 2.01. The highest BCUT2D eigenvalue weighted by Gasteiger charge is 2.12. The fraction of sp³-hybridized carbons (Fsp3) is 0.438. The van der Waals surface area contributed by atoms with Gasteiger partial charge in [-0.15, -0.1) is 0 Å². The summed E-state index contributed by atoms with van der Waals surface area (Å²) >= 11 is 0. The van der Waals surface area contributed by atoms with E-state index in [-0.39, 0.29) is 0 Å². The van der Waals surface area contributed by atoms with Crippen LogP contribution >= 0.6 is 0 Å². The first-order chi connectivity index (χ1) is 9.20. The smallest absolute Gasteiger partial charge is 0.208 e. The number of benzene rings is 1. The number of aryl methyl sites for hydroxylation is 2. The quantitative estimate of drug-likeness (QED) is 0.853. The van der Waals surface area contributed by atoms with Crippen LogP contribution in [0.3, 0.4) is 0 Å². The van der Waals surface area contributed by atoms with Gasteiger partial charge in [0.05, 0.1) is 12.2 Å². The normalized spacial score (nSPS) is 12.6. The predicted molar refractivity (Wildman–Crippen MR) is 76.9 cm³/mol. The minimum Gasteiger partial charge on any atom is -0.444 e. The van der Waals surface area contributed by atoms with Crippen LogP contribution in [0.25, 0.3) is 0 Å². The lowest BCUT2D eigenvalue weighted by Gasteiger charge is -2.17. The lowest BCUT2D eigenvalue weighted by Crippen LogP contribution is -2.21. The molecule has 19 heavy (non-hydrogen) atoms. The van der Waals surface area contributed by atoms with E-state index in [0.29, 0.717) is 12.6 Å². The zero-order valence-electron chi connectivity index (χ0n) is 11.9. The van der Waals surface area contributed by atoms with Gasteiger partial charge in [-0.05, 0) is 25.8 Å². The van der Waals surface area contributed by atoms with Gasteiger partial charge in [0.1, 0.15) is 5.76 Å². The van der Waals surface area contributed by atoms with Gasteiger partial charge < -0.3 is 9.73 Å². The molecule has 0 aliphatic rings. The zero-order valence-corrected chi connectivity index (χ0v) is 11.9. The van der Waals surface area contributed by atoms with Crippen molar-refractivity contribution in [1.82, 2.24) is 10.3 Å². The minimum atomic E-state index is 0.360. The number of nitrogens with zero attached hydrogens (tertiary/aromatic N) is 1. The fourth-order valence-corrected chi connectivity index (χ4v) is 2.19. The Morgan fingerprint density at radius 2 is 1.95 bits per heavy atom. The van der Waals surface area contributed by atoms with Crippen molar-refractivity contribution in [3.63, 3.8) is 0 Å². The van der Waals surface area contributed by atoms with Crippen molar-refractivity contribution < 1.29 is 4.42 Å². The lowest BCUT2D eigenvalue weighted by molar-refractivity contribution is 0.413. The SMILES string of the molecule is CCCC(NCc1nc(C)c(C)o1)c1ccccc1. The predicted octanol–water partition coefficient (Wildman–Crippen LogP) is 3.92. The van der Waals surface area contributed by atoms with Gasteiger partial charge in [0.2, 0.25) is 5.89 Å². The molecule has 0 spiro atoms. The molecule has 0 fully saturated rings. The summed E-state index contributed by atoms with van der Waals surface area (Å²) in [6, 6.07) is 10.9. The van der Waals surface area contributed by atoms with Crippen LogP contribution in [0.15, 0.2) is 34.7 Å². The van der Waals surface area contributed by atoms with Crippen molar-refractivity contribution in [1.29, 1.82) is 0 Å². The molecule has 0 amide bonds. The van der Waals surface area contributed by atoms with Crippen molar-refractivity contribution >= 4 is 0 Å². The summed E-state index contributed by atoms with van der Waals surface area (Å²) in [5, 5.41) is 3.54. The van der Waals surface area contributed by atoms with Gasteiger partial charge >= 0.3 is 0 Å². The largest absolute Gasteiger partial charge is 0.444 e. The van der Waals surface area contributed by atoms with Crippen molar-refractivity contribution in [2.24, 2.45) is 0 Å². The van der Waals surface area contributed by atoms with Crippen LogP contribution < -0.4 is 5.32 Å². The highest BCUT2D eigenvalue weighted by atomic mass is 16.4. The molecule has 0 saturated heterocycles. The van der Waals surface area contributed by atoms with Crippen LogP contribution in [-0.4, -0.2) is 4.98 Å². The zero-order chi connectivity index (χ0) is 13.7. The molecule has 0 aliphatic carbocycles. The van der Waals surface area contributed by atoms with E-state index in [2.05, 4.69) is 41.5 Å². The molecule has 1 unspecified atom stereocenters. The molecule has 0 radical (unpaired) electrons. The van der Waals surface area contributed by atoms with Gasteiger partial charge in [-0.3, -0.25) is 0 Å². The molecule has 0 aliphatic heterocycles. The third-order valence-electron chi connectivity index (χ3n) is 3.35. The molecule has 1 N–H and O–H groups in total. The van der Waals surface area contributed by atoms with Crippen molar-refractivity contribution in [3.05, 3.63) is 53.2 Å². The summed E-state index contributed by atoms with van der Waals surface area (Å²) in [6.07, 6.45) is 2.26. The molecule has 1 atom stereocenters. The standard InChI is InChI=1S/C16H22N2O/c1-4-8-15(14-9-6-5-7-10-14)17-11-16-18-12(2)13(3)19-16/h5-7,9-10,15,17H,4,8,11H2,1-3H3. The van der Waals surface area contributed by atoms with E-state index < -0.39 is 0 Å². The van der Waals surface area contributed by atoms with Gasteiger partial charge in [-0.25, -0.2) is 4.98 Å². The molecule has 1 aromatic heterocycles. The summed E-state index contributed by atoms with van der Waals surface area (Å²) in [6.45, 7) is 6.81. The Hall–Kier alpha value is -1.61. The van der Waals surface area contributed by atoms with E-state index >= 15 is 0 Å². The first-order valence-electron chi connectivity index (χ1n) is 6.92. The van der Waals surface area contributed by atoms with Crippen LogP contribution in [-0.2, 0) is 6.54 Å². The molecule has 0 bridgehead atoms. The minimum absolute atomic E-state index is 0.360. The van der Waals surface area contributed by atoms with Gasteiger partial charge in [-0.1, -0.05) is 43.7 Å². The Morgan fingerprint density at radius 1 is 1.21 bits per heavy atom. The van der Waals surface area contributed by atoms with Gasteiger partial charge in [-0.2, -0.15) is 0 Å². The average Bonchev–Trinajstić information content (AvgIpc) is 2.75. The van der Waals surface area contributed by atoms with Crippen molar-refractivity contribution in [3.8, 4) is 0 Å². The Morgan fingerprint density at radius 3 is 2.53 bits per heavy atom. The highest BCUT2D eigenvalue weighted by Crippen LogP contribution is 2.19. The van der Waals surface area contributed by atoms with Crippen molar-refractivity contribution in [2.45, 2.75) is 46.2 Å². The number of oxazole rings is 1. The summed E-state index contributed by atoms with van der Waals surface area (Å²) in [5.41, 5.74) is 2.30. The van der Waals surface area contributed by atoms with E-state index in [0.717, 1.165) is 30.2 Å². The molecule has 3 heteroatoms. The van der Waals surface area contributed by atoms with E-state index in [4.69, 9.17) is 4.42 Å².